The largest absolute Gasteiger partial charge is 0.481 e. The van der Waals surface area contributed by atoms with E-state index < -0.39 is 6.10 Å². The number of thiocarbonyl (C=S) groups is 1. The van der Waals surface area contributed by atoms with Crippen molar-refractivity contribution in [2.24, 2.45) is 0 Å². The molecular weight excluding hydrogens is 274 g/mol. The fourth-order valence-corrected chi connectivity index (χ4v) is 1.51. The van der Waals surface area contributed by atoms with Crippen LogP contribution in [0, 0.1) is 6.92 Å². The summed E-state index contributed by atoms with van der Waals surface area (Å²) in [6, 6.07) is 7.51. The van der Waals surface area contributed by atoms with Crippen molar-refractivity contribution in [2.45, 2.75) is 20.0 Å². The second kappa shape index (κ2) is 8.16. The minimum atomic E-state index is -0.633. The maximum absolute atomic E-state index is 11.8. The van der Waals surface area contributed by atoms with E-state index >= 15 is 0 Å². The lowest BCUT2D eigenvalue weighted by Crippen LogP contribution is -2.50. The van der Waals surface area contributed by atoms with E-state index in [1.165, 1.54) is 0 Å². The van der Waals surface area contributed by atoms with E-state index in [1.807, 2.05) is 25.1 Å². The molecule has 1 aromatic rings. The minimum absolute atomic E-state index is 0.311. The van der Waals surface area contributed by atoms with Gasteiger partial charge in [0.25, 0.3) is 5.91 Å². The molecule has 0 fully saturated rings. The molecule has 0 unspecified atom stereocenters. The zero-order valence-electron chi connectivity index (χ0n) is 11.6. The lowest BCUT2D eigenvalue weighted by atomic mass is 10.2. The van der Waals surface area contributed by atoms with Crippen molar-refractivity contribution < 1.29 is 9.53 Å². The molecule has 108 valence electrons. The fourth-order valence-electron chi connectivity index (χ4n) is 1.38. The van der Waals surface area contributed by atoms with Crippen molar-refractivity contribution >= 4 is 23.2 Å². The summed E-state index contributed by atoms with van der Waals surface area (Å²) < 4.78 is 5.54. The Hall–Kier alpha value is -2.08. The maximum Gasteiger partial charge on any atom is 0.279 e. The Morgan fingerprint density at radius 1 is 1.50 bits per heavy atom. The molecule has 0 bridgehead atoms. The Labute approximate surface area is 124 Å². The van der Waals surface area contributed by atoms with Crippen molar-refractivity contribution in [1.82, 2.24) is 16.2 Å². The molecule has 0 radical (unpaired) electrons. The van der Waals surface area contributed by atoms with E-state index in [-0.39, 0.29) is 5.91 Å². The molecule has 1 atom stereocenters. The third-order valence-electron chi connectivity index (χ3n) is 2.38. The molecule has 0 aliphatic rings. The van der Waals surface area contributed by atoms with Gasteiger partial charge >= 0.3 is 0 Å². The number of aryl methyl sites for hydroxylation is 1. The van der Waals surface area contributed by atoms with Crippen LogP contribution in [0.25, 0.3) is 0 Å². The van der Waals surface area contributed by atoms with E-state index in [9.17, 15) is 4.79 Å². The van der Waals surface area contributed by atoms with Gasteiger partial charge in [-0.3, -0.25) is 15.6 Å². The SMILES string of the molecule is C=CCNC(=S)NNC(=O)[C@H](C)Oc1cccc(C)c1. The molecular formula is C14H19N3O2S. The smallest absolute Gasteiger partial charge is 0.279 e. The predicted octanol–water partition coefficient (Wildman–Crippen LogP) is 1.44. The molecule has 0 aliphatic carbocycles. The number of carbonyl (C=O) groups excluding carboxylic acids is 1. The van der Waals surface area contributed by atoms with E-state index in [2.05, 4.69) is 22.7 Å². The van der Waals surface area contributed by atoms with Crippen molar-refractivity contribution in [2.75, 3.05) is 6.54 Å². The Morgan fingerprint density at radius 3 is 2.90 bits per heavy atom. The molecule has 1 aromatic carbocycles. The summed E-state index contributed by atoms with van der Waals surface area (Å²) >= 11 is 4.95. The molecule has 0 saturated carbocycles. The topological polar surface area (TPSA) is 62.4 Å². The molecule has 6 heteroatoms. The van der Waals surface area contributed by atoms with Crippen LogP contribution in [0.2, 0.25) is 0 Å². The van der Waals surface area contributed by atoms with Crippen LogP contribution in [-0.2, 0) is 4.79 Å². The summed E-state index contributed by atoms with van der Waals surface area (Å²) in [7, 11) is 0. The number of hydrogen-bond donors (Lipinski definition) is 3. The zero-order valence-corrected chi connectivity index (χ0v) is 12.4. The van der Waals surface area contributed by atoms with Crippen LogP contribution in [0.1, 0.15) is 12.5 Å². The Morgan fingerprint density at radius 2 is 2.25 bits per heavy atom. The molecule has 20 heavy (non-hydrogen) atoms. The third kappa shape index (κ3) is 5.71. The number of ether oxygens (including phenoxy) is 1. The Kier molecular flexibility index (Phi) is 6.52. The van der Waals surface area contributed by atoms with Gasteiger partial charge in [-0.2, -0.15) is 0 Å². The normalized spacial score (nSPS) is 11.1. The molecule has 1 rings (SSSR count). The Bertz CT molecular complexity index is 491. The second-order valence-corrected chi connectivity index (χ2v) is 4.60. The zero-order chi connectivity index (χ0) is 15.0. The first-order valence-electron chi connectivity index (χ1n) is 6.21. The number of hydrazine groups is 1. The van der Waals surface area contributed by atoms with Crippen molar-refractivity contribution in [3.8, 4) is 5.75 Å². The van der Waals surface area contributed by atoms with Gasteiger partial charge in [0.15, 0.2) is 11.2 Å². The highest BCUT2D eigenvalue weighted by Crippen LogP contribution is 2.13. The van der Waals surface area contributed by atoms with Gasteiger partial charge in [0.1, 0.15) is 5.75 Å². The number of nitrogens with one attached hydrogen (secondary N) is 3. The van der Waals surface area contributed by atoms with Gasteiger partial charge in [0.2, 0.25) is 0 Å². The number of carbonyl (C=O) groups is 1. The lowest BCUT2D eigenvalue weighted by Gasteiger charge is -2.16. The first kappa shape index (κ1) is 16.0. The molecule has 0 aliphatic heterocycles. The highest BCUT2D eigenvalue weighted by atomic mass is 32.1. The summed E-state index contributed by atoms with van der Waals surface area (Å²) in [6.45, 7) is 7.71. The standard InChI is InChI=1S/C14H19N3O2S/c1-4-8-15-14(20)17-16-13(18)11(3)19-12-7-5-6-10(2)9-12/h4-7,9,11H,1,8H2,2-3H3,(H,16,18)(H2,15,17,20)/t11-/m0/s1. The summed E-state index contributed by atoms with van der Waals surface area (Å²) in [5.74, 6) is 0.342. The number of rotatable bonds is 5. The molecule has 3 N–H and O–H groups in total. The fraction of sp³-hybridized carbons (Fsp3) is 0.286. The van der Waals surface area contributed by atoms with Gasteiger partial charge in [-0.15, -0.1) is 6.58 Å². The second-order valence-electron chi connectivity index (χ2n) is 4.19. The van der Waals surface area contributed by atoms with Crippen LogP contribution in [0.15, 0.2) is 36.9 Å². The van der Waals surface area contributed by atoms with Crippen molar-refractivity contribution in [1.29, 1.82) is 0 Å². The van der Waals surface area contributed by atoms with Crippen LogP contribution in [0.3, 0.4) is 0 Å². The van der Waals surface area contributed by atoms with Crippen LogP contribution in [0.5, 0.6) is 5.75 Å². The Balaban J connectivity index is 2.39. The average Bonchev–Trinajstić information content (AvgIpc) is 2.42. The molecule has 5 nitrogen and oxygen atoms in total. The van der Waals surface area contributed by atoms with E-state index in [1.54, 1.807) is 19.1 Å². The van der Waals surface area contributed by atoms with Gasteiger partial charge in [-0.1, -0.05) is 18.2 Å². The lowest BCUT2D eigenvalue weighted by molar-refractivity contribution is -0.127. The summed E-state index contributed by atoms with van der Waals surface area (Å²) in [4.78, 5) is 11.8. The molecule has 0 saturated heterocycles. The number of amides is 1. The number of benzene rings is 1. The van der Waals surface area contributed by atoms with Crippen LogP contribution < -0.4 is 20.9 Å². The molecule has 1 amide bonds. The minimum Gasteiger partial charge on any atom is -0.481 e. The highest BCUT2D eigenvalue weighted by Gasteiger charge is 2.14. The first-order chi connectivity index (χ1) is 9.52. The average molecular weight is 293 g/mol. The van der Waals surface area contributed by atoms with Crippen molar-refractivity contribution in [3.63, 3.8) is 0 Å². The highest BCUT2D eigenvalue weighted by molar-refractivity contribution is 7.80. The molecule has 0 spiro atoms. The summed E-state index contributed by atoms with van der Waals surface area (Å²) in [5.41, 5.74) is 6.13. The van der Waals surface area contributed by atoms with Gasteiger partial charge in [-0.05, 0) is 43.8 Å². The monoisotopic (exact) mass is 293 g/mol. The summed E-state index contributed by atoms with van der Waals surface area (Å²) in [6.07, 6.45) is 1.03. The third-order valence-corrected chi connectivity index (χ3v) is 2.62. The van der Waals surface area contributed by atoms with Gasteiger partial charge in [-0.25, -0.2) is 0 Å². The van der Waals surface area contributed by atoms with Gasteiger partial charge in [0.05, 0.1) is 0 Å². The van der Waals surface area contributed by atoms with E-state index in [0.29, 0.717) is 17.4 Å². The van der Waals surface area contributed by atoms with Crippen molar-refractivity contribution in [3.05, 3.63) is 42.5 Å². The molecule has 0 heterocycles. The summed E-state index contributed by atoms with van der Waals surface area (Å²) in [5, 5.41) is 3.15. The van der Waals surface area contributed by atoms with Crippen LogP contribution in [0.4, 0.5) is 0 Å². The van der Waals surface area contributed by atoms with Crippen LogP contribution in [-0.4, -0.2) is 23.7 Å². The van der Waals surface area contributed by atoms with Gasteiger partial charge < -0.3 is 10.1 Å². The quantitative estimate of drug-likeness (QED) is 0.436. The maximum atomic E-state index is 11.8. The van der Waals surface area contributed by atoms with Crippen LogP contribution >= 0.6 is 12.2 Å². The van der Waals surface area contributed by atoms with E-state index in [4.69, 9.17) is 17.0 Å². The number of hydrogen-bond acceptors (Lipinski definition) is 3. The van der Waals surface area contributed by atoms with Gasteiger partial charge in [0, 0.05) is 6.54 Å². The molecule has 0 aromatic heterocycles. The first-order valence-corrected chi connectivity index (χ1v) is 6.61. The predicted molar refractivity (Wildman–Crippen MR) is 83.3 cm³/mol. The van der Waals surface area contributed by atoms with E-state index in [0.717, 1.165) is 5.56 Å².